The van der Waals surface area contributed by atoms with Crippen LogP contribution in [0.4, 0.5) is 5.69 Å². The lowest BCUT2D eigenvalue weighted by molar-refractivity contribution is -0.225. The van der Waals surface area contributed by atoms with Crippen molar-refractivity contribution < 1.29 is 28.7 Å². The van der Waals surface area contributed by atoms with Crippen molar-refractivity contribution in [1.29, 1.82) is 0 Å². The number of fused-ring (bicyclic) bond motifs is 1. The SMILES string of the molecule is CC(C)CN1C(=O)c2cccc(NN=C3C(=O)OC4(CCCC4)OC3=O)c2C1=O. The zero-order valence-electron chi connectivity index (χ0n) is 16.2. The molecule has 1 aromatic carbocycles. The van der Waals surface area contributed by atoms with Crippen LogP contribution in [0.3, 0.4) is 0 Å². The topological polar surface area (TPSA) is 114 Å². The third kappa shape index (κ3) is 3.26. The van der Waals surface area contributed by atoms with Crippen molar-refractivity contribution in [2.75, 3.05) is 12.0 Å². The Kier molecular flexibility index (Phi) is 4.60. The van der Waals surface area contributed by atoms with E-state index in [0.29, 0.717) is 19.4 Å². The molecule has 0 atom stereocenters. The highest BCUT2D eigenvalue weighted by atomic mass is 16.7. The largest absolute Gasteiger partial charge is 0.417 e. The minimum absolute atomic E-state index is 0.114. The lowest BCUT2D eigenvalue weighted by Crippen LogP contribution is -2.49. The molecular formula is C20H21N3O6. The number of hydrogen-bond acceptors (Lipinski definition) is 8. The Morgan fingerprint density at radius 3 is 2.34 bits per heavy atom. The van der Waals surface area contributed by atoms with Crippen molar-refractivity contribution in [2.45, 2.75) is 45.3 Å². The molecule has 3 aliphatic rings. The Balaban J connectivity index is 1.58. The van der Waals surface area contributed by atoms with Crippen molar-refractivity contribution in [2.24, 2.45) is 11.0 Å². The Morgan fingerprint density at radius 1 is 1.07 bits per heavy atom. The number of hydrogen-bond donors (Lipinski definition) is 1. The predicted octanol–water partition coefficient (Wildman–Crippen LogP) is 2.08. The Bertz CT molecular complexity index is 924. The molecule has 9 heteroatoms. The fourth-order valence-electron chi connectivity index (χ4n) is 3.82. The molecule has 1 saturated carbocycles. The van der Waals surface area contributed by atoms with Gasteiger partial charge in [0.15, 0.2) is 0 Å². The minimum Gasteiger partial charge on any atom is -0.417 e. The maximum absolute atomic E-state index is 12.7. The second-order valence-electron chi connectivity index (χ2n) is 7.81. The van der Waals surface area contributed by atoms with Crippen LogP contribution in [0.25, 0.3) is 0 Å². The number of nitrogens with zero attached hydrogens (tertiary/aromatic N) is 2. The van der Waals surface area contributed by atoms with Crippen molar-refractivity contribution >= 4 is 35.2 Å². The summed E-state index contributed by atoms with van der Waals surface area (Å²) < 4.78 is 10.6. The quantitative estimate of drug-likeness (QED) is 0.468. The second-order valence-corrected chi connectivity index (χ2v) is 7.81. The fraction of sp³-hybridized carbons (Fsp3) is 0.450. The van der Waals surface area contributed by atoms with Gasteiger partial charge in [-0.25, -0.2) is 9.59 Å². The Morgan fingerprint density at radius 2 is 1.72 bits per heavy atom. The van der Waals surface area contributed by atoms with E-state index in [9.17, 15) is 19.2 Å². The first-order valence-electron chi connectivity index (χ1n) is 9.61. The number of rotatable bonds is 4. The third-order valence-corrected chi connectivity index (χ3v) is 5.14. The molecular weight excluding hydrogens is 378 g/mol. The molecule has 29 heavy (non-hydrogen) atoms. The highest BCUT2D eigenvalue weighted by Crippen LogP contribution is 2.37. The van der Waals surface area contributed by atoms with Crippen LogP contribution in [0.2, 0.25) is 0 Å². The number of carbonyl (C=O) groups excluding carboxylic acids is 4. The molecule has 1 aromatic rings. The number of anilines is 1. The van der Waals surface area contributed by atoms with E-state index in [0.717, 1.165) is 12.8 Å². The average Bonchev–Trinajstić information content (AvgIpc) is 3.19. The van der Waals surface area contributed by atoms with E-state index in [1.54, 1.807) is 18.2 Å². The molecule has 2 heterocycles. The fourth-order valence-corrected chi connectivity index (χ4v) is 3.82. The first-order valence-corrected chi connectivity index (χ1v) is 9.61. The number of amides is 2. The van der Waals surface area contributed by atoms with Crippen molar-refractivity contribution in [3.63, 3.8) is 0 Å². The highest BCUT2D eigenvalue weighted by molar-refractivity contribution is 6.63. The third-order valence-electron chi connectivity index (χ3n) is 5.14. The summed E-state index contributed by atoms with van der Waals surface area (Å²) in [6.07, 6.45) is 2.56. The Hall–Kier alpha value is -3.23. The van der Waals surface area contributed by atoms with Crippen molar-refractivity contribution in [3.05, 3.63) is 29.3 Å². The summed E-state index contributed by atoms with van der Waals surface area (Å²) in [4.78, 5) is 51.0. The van der Waals surface area contributed by atoms with Crippen LogP contribution in [0.5, 0.6) is 0 Å². The van der Waals surface area contributed by atoms with E-state index in [4.69, 9.17) is 9.47 Å². The molecule has 152 valence electrons. The monoisotopic (exact) mass is 399 g/mol. The van der Waals surface area contributed by atoms with Gasteiger partial charge in [0.05, 0.1) is 16.8 Å². The molecule has 1 N–H and O–H groups in total. The van der Waals surface area contributed by atoms with Gasteiger partial charge in [0, 0.05) is 19.4 Å². The maximum atomic E-state index is 12.7. The van der Waals surface area contributed by atoms with Crippen LogP contribution in [-0.4, -0.2) is 46.7 Å². The Labute approximate surface area is 167 Å². The van der Waals surface area contributed by atoms with Gasteiger partial charge >= 0.3 is 11.9 Å². The van der Waals surface area contributed by atoms with Crippen LogP contribution >= 0.6 is 0 Å². The summed E-state index contributed by atoms with van der Waals surface area (Å²) in [7, 11) is 0. The number of imide groups is 1. The molecule has 0 bridgehead atoms. The molecule has 1 saturated heterocycles. The van der Waals surface area contributed by atoms with Crippen LogP contribution in [0.1, 0.15) is 60.2 Å². The van der Waals surface area contributed by atoms with Gasteiger partial charge in [-0.15, -0.1) is 0 Å². The zero-order chi connectivity index (χ0) is 20.8. The van der Waals surface area contributed by atoms with E-state index in [1.165, 1.54) is 4.90 Å². The lowest BCUT2D eigenvalue weighted by Gasteiger charge is -2.32. The molecule has 2 fully saturated rings. The van der Waals surface area contributed by atoms with Gasteiger partial charge in [-0.1, -0.05) is 19.9 Å². The molecule has 4 rings (SSSR count). The number of benzene rings is 1. The smallest absolute Gasteiger partial charge is 0.369 e. The standard InChI is InChI=1S/C20H21N3O6/c1-11(2)10-23-16(24)12-6-5-7-13(14(12)17(23)25)21-22-15-18(26)28-20(29-19(15)27)8-3-4-9-20/h5-7,11,21H,3-4,8-10H2,1-2H3. The van der Waals surface area contributed by atoms with Gasteiger partial charge in [0.2, 0.25) is 0 Å². The average molecular weight is 399 g/mol. The van der Waals surface area contributed by atoms with E-state index < -0.39 is 29.3 Å². The summed E-state index contributed by atoms with van der Waals surface area (Å²) >= 11 is 0. The maximum Gasteiger partial charge on any atom is 0.369 e. The van der Waals surface area contributed by atoms with E-state index in [1.807, 2.05) is 13.8 Å². The van der Waals surface area contributed by atoms with Gasteiger partial charge in [-0.05, 0) is 30.9 Å². The summed E-state index contributed by atoms with van der Waals surface area (Å²) in [5, 5.41) is 3.83. The van der Waals surface area contributed by atoms with Gasteiger partial charge in [0.25, 0.3) is 23.3 Å². The van der Waals surface area contributed by atoms with E-state index >= 15 is 0 Å². The van der Waals surface area contributed by atoms with Crippen molar-refractivity contribution in [3.8, 4) is 0 Å². The minimum atomic E-state index is -1.18. The molecule has 1 aliphatic carbocycles. The molecule has 0 unspecified atom stereocenters. The van der Waals surface area contributed by atoms with Crippen LogP contribution in [0, 0.1) is 5.92 Å². The number of ether oxygens (including phenoxy) is 2. The van der Waals surface area contributed by atoms with Gasteiger partial charge in [0.1, 0.15) is 0 Å². The molecule has 2 aliphatic heterocycles. The summed E-state index contributed by atoms with van der Waals surface area (Å²) in [6.45, 7) is 4.11. The summed E-state index contributed by atoms with van der Waals surface area (Å²) in [5.74, 6) is -3.63. The zero-order valence-corrected chi connectivity index (χ0v) is 16.2. The van der Waals surface area contributed by atoms with Gasteiger partial charge in [-0.3, -0.25) is 19.9 Å². The first kappa shape index (κ1) is 19.1. The van der Waals surface area contributed by atoms with E-state index in [-0.39, 0.29) is 28.6 Å². The number of hydrazone groups is 1. The van der Waals surface area contributed by atoms with Gasteiger partial charge < -0.3 is 9.47 Å². The number of esters is 2. The van der Waals surface area contributed by atoms with Gasteiger partial charge in [-0.2, -0.15) is 5.10 Å². The highest BCUT2D eigenvalue weighted by Gasteiger charge is 2.49. The number of carbonyl (C=O) groups is 4. The molecule has 1 spiro atoms. The molecule has 0 aromatic heterocycles. The second kappa shape index (κ2) is 6.98. The van der Waals surface area contributed by atoms with E-state index in [2.05, 4.69) is 10.5 Å². The first-order chi connectivity index (χ1) is 13.8. The van der Waals surface area contributed by atoms with Crippen LogP contribution in [0.15, 0.2) is 23.3 Å². The lowest BCUT2D eigenvalue weighted by atomic mass is 10.1. The van der Waals surface area contributed by atoms with Crippen LogP contribution < -0.4 is 5.43 Å². The molecule has 0 radical (unpaired) electrons. The summed E-state index contributed by atoms with van der Waals surface area (Å²) in [5.41, 5.74) is 2.67. The van der Waals surface area contributed by atoms with Crippen LogP contribution in [-0.2, 0) is 19.1 Å². The molecule has 9 nitrogen and oxygen atoms in total. The number of nitrogens with one attached hydrogen (secondary N) is 1. The summed E-state index contributed by atoms with van der Waals surface area (Å²) in [6, 6.07) is 4.70. The predicted molar refractivity (Wildman–Crippen MR) is 101 cm³/mol. The molecule has 2 amide bonds. The van der Waals surface area contributed by atoms with Crippen molar-refractivity contribution in [1.82, 2.24) is 4.90 Å². The normalized spacial score (nSPS) is 20.2.